The van der Waals surface area contributed by atoms with Crippen molar-refractivity contribution in [3.63, 3.8) is 0 Å². The van der Waals surface area contributed by atoms with Gasteiger partial charge in [-0.3, -0.25) is 8.94 Å². The van der Waals surface area contributed by atoms with Gasteiger partial charge in [-0.05, 0) is 19.3 Å². The zero-order valence-corrected chi connectivity index (χ0v) is 26.2. The molecule has 0 aromatic rings. The van der Waals surface area contributed by atoms with Crippen molar-refractivity contribution < 1.29 is 26.1 Å². The first-order valence-corrected chi connectivity index (χ1v) is 18.1. The monoisotopic (exact) mass is 584 g/mol. The molecule has 3 unspecified atom stereocenters. The van der Waals surface area contributed by atoms with E-state index in [1.54, 1.807) is 0 Å². The van der Waals surface area contributed by atoms with Gasteiger partial charge in [0.25, 0.3) is 10.1 Å². The molecule has 0 saturated heterocycles. The van der Waals surface area contributed by atoms with Gasteiger partial charge in [-0.1, -0.05) is 161 Å². The lowest BCUT2D eigenvalue weighted by Crippen LogP contribution is -2.37. The Bertz CT molecular complexity index is 603. The van der Waals surface area contributed by atoms with Gasteiger partial charge in [0.05, 0.1) is 6.67 Å². The second-order valence-electron chi connectivity index (χ2n) is 11.8. The minimum absolute atomic E-state index is 0.0310. The topological polar surface area (TPSA) is 54.4 Å². The van der Waals surface area contributed by atoms with Crippen molar-refractivity contribution in [2.45, 2.75) is 198 Å². The predicted molar refractivity (Wildman–Crippen MR) is 161 cm³/mol. The molecule has 1 N–H and O–H groups in total. The molecule has 3 atom stereocenters. The quantitative estimate of drug-likeness (QED) is 0.0651. The summed E-state index contributed by atoms with van der Waals surface area (Å²) in [5, 5.41) is -1.67. The molecular weight excluding hydrogens is 521 g/mol. The third-order valence-electron chi connectivity index (χ3n) is 8.04. The van der Waals surface area contributed by atoms with Gasteiger partial charge >= 0.3 is 0 Å². The maximum atomic E-state index is 14.6. The largest absolute Gasteiger partial charge is 0.285 e. The average molecular weight is 585 g/mol. The lowest BCUT2D eigenvalue weighted by Gasteiger charge is -2.21. The number of unbranched alkanes of at least 4 members (excludes halogenated alkanes) is 23. The molecule has 0 spiro atoms. The van der Waals surface area contributed by atoms with Crippen molar-refractivity contribution in [1.82, 2.24) is 0 Å². The summed E-state index contributed by atoms with van der Waals surface area (Å²) in [6.07, 6.45) is 23.2. The van der Waals surface area contributed by atoms with Crippen LogP contribution in [-0.2, 0) is 10.1 Å². The van der Waals surface area contributed by atoms with Crippen LogP contribution in [-0.4, -0.2) is 37.2 Å². The van der Waals surface area contributed by atoms with E-state index in [9.17, 15) is 26.1 Å². The fourth-order valence-corrected chi connectivity index (χ4v) is 6.39. The van der Waals surface area contributed by atoms with Crippen LogP contribution in [0.5, 0.6) is 0 Å². The fourth-order valence-electron chi connectivity index (χ4n) is 5.43. The van der Waals surface area contributed by atoms with E-state index < -0.39 is 27.7 Å². The molecule has 0 heterocycles. The SMILES string of the molecule is CCCCCCCCCCCCCCCCCCCCC(C(F)C(F)CCCCCCCCCF)S(=O)(=O)O. The van der Waals surface area contributed by atoms with Crippen LogP contribution in [0.15, 0.2) is 0 Å². The van der Waals surface area contributed by atoms with Crippen molar-refractivity contribution in [1.29, 1.82) is 0 Å². The number of hydrogen-bond donors (Lipinski definition) is 1. The minimum atomic E-state index is -4.63. The van der Waals surface area contributed by atoms with Gasteiger partial charge < -0.3 is 0 Å². The van der Waals surface area contributed by atoms with E-state index >= 15 is 0 Å². The second kappa shape index (κ2) is 27.8. The van der Waals surface area contributed by atoms with Crippen LogP contribution in [0.4, 0.5) is 13.2 Å². The highest BCUT2D eigenvalue weighted by Gasteiger charge is 2.37. The first-order valence-electron chi connectivity index (χ1n) is 16.6. The first-order chi connectivity index (χ1) is 18.8. The summed E-state index contributed by atoms with van der Waals surface area (Å²) in [7, 11) is -4.63. The third-order valence-corrected chi connectivity index (χ3v) is 9.30. The summed E-state index contributed by atoms with van der Waals surface area (Å²) in [4.78, 5) is 0. The van der Waals surface area contributed by atoms with Crippen LogP contribution in [0, 0.1) is 0 Å². The number of alkyl halides is 3. The van der Waals surface area contributed by atoms with E-state index in [1.165, 1.54) is 83.5 Å². The Labute approximate surface area is 240 Å². The highest BCUT2D eigenvalue weighted by atomic mass is 32.2. The Hall–Kier alpha value is -0.300. The van der Waals surface area contributed by atoms with Crippen molar-refractivity contribution in [3.8, 4) is 0 Å². The van der Waals surface area contributed by atoms with Gasteiger partial charge in [-0.15, -0.1) is 0 Å². The Morgan fingerprint density at radius 2 is 0.821 bits per heavy atom. The zero-order chi connectivity index (χ0) is 29.0. The van der Waals surface area contributed by atoms with Crippen LogP contribution in [0.25, 0.3) is 0 Å². The molecule has 0 aromatic heterocycles. The molecule has 236 valence electrons. The predicted octanol–water partition coefficient (Wildman–Crippen LogP) is 11.4. The van der Waals surface area contributed by atoms with Crippen LogP contribution in [0.3, 0.4) is 0 Å². The molecule has 3 nitrogen and oxygen atoms in total. The molecule has 0 aliphatic rings. The van der Waals surface area contributed by atoms with E-state index in [0.717, 1.165) is 57.8 Å². The minimum Gasteiger partial charge on any atom is -0.285 e. The highest BCUT2D eigenvalue weighted by Crippen LogP contribution is 2.25. The van der Waals surface area contributed by atoms with E-state index in [1.807, 2.05) is 0 Å². The molecule has 0 bridgehead atoms. The Morgan fingerprint density at radius 1 is 0.513 bits per heavy atom. The Morgan fingerprint density at radius 3 is 1.15 bits per heavy atom. The first kappa shape index (κ1) is 38.7. The van der Waals surface area contributed by atoms with Gasteiger partial charge in [0, 0.05) is 0 Å². The van der Waals surface area contributed by atoms with E-state index in [2.05, 4.69) is 6.92 Å². The lowest BCUT2D eigenvalue weighted by molar-refractivity contribution is 0.142. The summed E-state index contributed by atoms with van der Waals surface area (Å²) in [6, 6.07) is 0. The number of halogens is 3. The number of rotatable bonds is 31. The van der Waals surface area contributed by atoms with Crippen LogP contribution < -0.4 is 0 Å². The fraction of sp³-hybridized carbons (Fsp3) is 1.00. The lowest BCUT2D eigenvalue weighted by atomic mass is 10.00. The van der Waals surface area contributed by atoms with E-state index in [0.29, 0.717) is 19.3 Å². The van der Waals surface area contributed by atoms with Crippen molar-refractivity contribution >= 4 is 10.1 Å². The summed E-state index contributed by atoms with van der Waals surface area (Å²) in [6.45, 7) is 1.96. The Kier molecular flexibility index (Phi) is 27.6. The molecule has 7 heteroatoms. The second-order valence-corrected chi connectivity index (χ2v) is 13.4. The molecule has 0 saturated carbocycles. The molecule has 0 aliphatic carbocycles. The average Bonchev–Trinajstić information content (AvgIpc) is 2.90. The van der Waals surface area contributed by atoms with Crippen LogP contribution >= 0.6 is 0 Å². The molecule has 0 rings (SSSR count). The molecule has 0 radical (unpaired) electrons. The van der Waals surface area contributed by atoms with Crippen molar-refractivity contribution in [3.05, 3.63) is 0 Å². The Balaban J connectivity index is 3.76. The summed E-state index contributed by atoms with van der Waals surface area (Å²) in [5.41, 5.74) is 0. The molecular formula is C32H63F3O3S. The van der Waals surface area contributed by atoms with Gasteiger partial charge in [-0.25, -0.2) is 8.78 Å². The number of hydrogen-bond acceptors (Lipinski definition) is 2. The maximum absolute atomic E-state index is 14.6. The zero-order valence-electron chi connectivity index (χ0n) is 25.3. The van der Waals surface area contributed by atoms with Gasteiger partial charge in [0.15, 0.2) is 6.17 Å². The highest BCUT2D eigenvalue weighted by molar-refractivity contribution is 7.86. The molecule has 0 fully saturated rings. The van der Waals surface area contributed by atoms with Gasteiger partial charge in [0.2, 0.25) is 0 Å². The van der Waals surface area contributed by atoms with Gasteiger partial charge in [0.1, 0.15) is 11.4 Å². The molecule has 0 amide bonds. The van der Waals surface area contributed by atoms with Crippen LogP contribution in [0.2, 0.25) is 0 Å². The summed E-state index contributed by atoms with van der Waals surface area (Å²) < 4.78 is 74.0. The summed E-state index contributed by atoms with van der Waals surface area (Å²) >= 11 is 0. The third kappa shape index (κ3) is 25.2. The normalized spacial score (nSPS) is 14.5. The van der Waals surface area contributed by atoms with E-state index in [-0.39, 0.29) is 19.5 Å². The molecule has 39 heavy (non-hydrogen) atoms. The summed E-state index contributed by atoms with van der Waals surface area (Å²) in [5.74, 6) is 0. The van der Waals surface area contributed by atoms with Gasteiger partial charge in [-0.2, -0.15) is 8.42 Å². The molecule has 0 aromatic carbocycles. The molecule has 0 aliphatic heterocycles. The smallest absolute Gasteiger partial charge is 0.270 e. The maximum Gasteiger partial charge on any atom is 0.270 e. The van der Waals surface area contributed by atoms with Crippen molar-refractivity contribution in [2.24, 2.45) is 0 Å². The van der Waals surface area contributed by atoms with E-state index in [4.69, 9.17) is 0 Å². The standard InChI is InChI=1S/C32H63F3O3S/c1-2-3-4-5-6-7-8-9-10-11-12-13-14-15-16-19-22-25-28-31(39(36,37)38)32(35)30(34)27-24-21-18-17-20-23-26-29-33/h30-32H,2-29H2,1H3,(H,36,37,38). The van der Waals surface area contributed by atoms with Crippen molar-refractivity contribution in [2.75, 3.05) is 6.67 Å². The van der Waals surface area contributed by atoms with Crippen LogP contribution in [0.1, 0.15) is 180 Å².